The third kappa shape index (κ3) is 19.8. The highest BCUT2D eigenvalue weighted by Gasteiger charge is 2.12. The zero-order valence-corrected chi connectivity index (χ0v) is 13.6. The number of hydrogen-bond acceptors (Lipinski definition) is 4. The summed E-state index contributed by atoms with van der Waals surface area (Å²) in [6.07, 6.45) is 9.83. The molecule has 0 amide bonds. The Bertz CT molecular complexity index is 372. The van der Waals surface area contributed by atoms with Gasteiger partial charge in [0.05, 0.1) is 12.9 Å². The molecule has 10 heteroatoms. The lowest BCUT2D eigenvalue weighted by molar-refractivity contribution is 0.193. The fourth-order valence-corrected chi connectivity index (χ4v) is 2.23. The third-order valence-corrected chi connectivity index (χ3v) is 3.48. The van der Waals surface area contributed by atoms with Gasteiger partial charge in [-0.05, 0) is 25.3 Å². The Morgan fingerprint density at radius 1 is 0.762 bits per heavy atom. The van der Waals surface area contributed by atoms with Crippen molar-refractivity contribution in [3.8, 4) is 0 Å². The van der Waals surface area contributed by atoms with Gasteiger partial charge in [-0.1, -0.05) is 32.1 Å². The van der Waals surface area contributed by atoms with Gasteiger partial charge in [0.15, 0.2) is 0 Å². The molecule has 0 radical (unpaired) electrons. The van der Waals surface area contributed by atoms with Crippen LogP contribution in [0.15, 0.2) is 12.3 Å². The Kier molecular flexibility index (Phi) is 11.3. The van der Waals surface area contributed by atoms with Gasteiger partial charge in [-0.25, -0.2) is 9.13 Å². The first-order valence-corrected chi connectivity index (χ1v) is 9.86. The van der Waals surface area contributed by atoms with Crippen LogP contribution in [0.25, 0.3) is 0 Å². The topological polar surface area (TPSA) is 134 Å². The van der Waals surface area contributed by atoms with Crippen LogP contribution in [0.4, 0.5) is 0 Å². The molecule has 0 atom stereocenters. The van der Waals surface area contributed by atoms with E-state index in [9.17, 15) is 9.13 Å². The van der Waals surface area contributed by atoms with Crippen molar-refractivity contribution in [2.24, 2.45) is 0 Å². The highest BCUT2D eigenvalue weighted by molar-refractivity contribution is 7.46. The van der Waals surface area contributed by atoms with Gasteiger partial charge >= 0.3 is 15.6 Å². The lowest BCUT2D eigenvalue weighted by Crippen LogP contribution is -1.92. The lowest BCUT2D eigenvalue weighted by Gasteiger charge is -2.04. The molecule has 0 aliphatic heterocycles. The first kappa shape index (κ1) is 20.8. The number of hydrogen-bond donors (Lipinski definition) is 4. The van der Waals surface area contributed by atoms with Gasteiger partial charge in [0.25, 0.3) is 0 Å². The summed E-state index contributed by atoms with van der Waals surface area (Å²) in [5.41, 5.74) is 0. The summed E-state index contributed by atoms with van der Waals surface area (Å²) < 4.78 is 29.2. The number of allylic oxidation sites excluding steroid dienone is 1. The molecule has 0 aromatic heterocycles. The van der Waals surface area contributed by atoms with Crippen molar-refractivity contribution in [3.05, 3.63) is 12.3 Å². The van der Waals surface area contributed by atoms with Crippen molar-refractivity contribution in [2.75, 3.05) is 6.61 Å². The van der Waals surface area contributed by atoms with Crippen LogP contribution in [0.1, 0.15) is 51.4 Å². The van der Waals surface area contributed by atoms with Crippen LogP contribution in [-0.4, -0.2) is 26.2 Å². The van der Waals surface area contributed by atoms with Crippen LogP contribution in [-0.2, 0) is 18.2 Å². The van der Waals surface area contributed by atoms with Gasteiger partial charge in [0, 0.05) is 0 Å². The van der Waals surface area contributed by atoms with Crippen molar-refractivity contribution < 1.29 is 37.8 Å². The van der Waals surface area contributed by atoms with E-state index in [4.69, 9.17) is 19.6 Å². The fraction of sp³-hybridized carbons (Fsp3) is 0.818. The minimum Gasteiger partial charge on any atom is -0.413 e. The molecule has 21 heavy (non-hydrogen) atoms. The van der Waals surface area contributed by atoms with E-state index in [1.54, 1.807) is 6.08 Å². The third-order valence-electron chi connectivity index (χ3n) is 2.57. The number of rotatable bonds is 13. The second-order valence-electron chi connectivity index (χ2n) is 4.56. The van der Waals surface area contributed by atoms with Crippen molar-refractivity contribution >= 4 is 15.6 Å². The van der Waals surface area contributed by atoms with Crippen LogP contribution in [0.3, 0.4) is 0 Å². The Morgan fingerprint density at radius 3 is 1.81 bits per heavy atom. The quantitative estimate of drug-likeness (QED) is 0.227. The van der Waals surface area contributed by atoms with E-state index in [1.165, 1.54) is 0 Å². The molecule has 0 aliphatic carbocycles. The van der Waals surface area contributed by atoms with Gasteiger partial charge < -0.3 is 14.3 Å². The molecular formula is C11H24O8P2. The SMILES string of the molecule is O=P(O)(O)O/C=C/CCCCCCCCCOP(=O)(O)O. The maximum atomic E-state index is 10.4. The van der Waals surface area contributed by atoms with Crippen molar-refractivity contribution in [2.45, 2.75) is 51.4 Å². The van der Waals surface area contributed by atoms with Crippen molar-refractivity contribution in [3.63, 3.8) is 0 Å². The molecule has 0 aromatic carbocycles. The normalized spacial score (nSPS) is 13.0. The van der Waals surface area contributed by atoms with Crippen LogP contribution in [0, 0.1) is 0 Å². The second kappa shape index (κ2) is 11.4. The van der Waals surface area contributed by atoms with E-state index in [1.807, 2.05) is 0 Å². The average Bonchev–Trinajstić information content (AvgIpc) is 2.32. The summed E-state index contributed by atoms with van der Waals surface area (Å²) in [5.74, 6) is 0. The number of phosphoric acid groups is 2. The molecule has 0 aliphatic rings. The van der Waals surface area contributed by atoms with Crippen molar-refractivity contribution in [1.29, 1.82) is 0 Å². The van der Waals surface area contributed by atoms with Gasteiger partial charge in [-0.2, -0.15) is 0 Å². The molecule has 0 heterocycles. The molecule has 0 saturated heterocycles. The predicted molar refractivity (Wildman–Crippen MR) is 77.2 cm³/mol. The second-order valence-corrected chi connectivity index (χ2v) is 6.99. The Balaban J connectivity index is 3.23. The Morgan fingerprint density at radius 2 is 1.29 bits per heavy atom. The predicted octanol–water partition coefficient (Wildman–Crippen LogP) is 2.84. The summed E-state index contributed by atoms with van der Waals surface area (Å²) in [4.78, 5) is 33.7. The summed E-state index contributed by atoms with van der Waals surface area (Å²) >= 11 is 0. The summed E-state index contributed by atoms with van der Waals surface area (Å²) in [5, 5.41) is 0. The molecule has 0 saturated carbocycles. The van der Waals surface area contributed by atoms with Crippen molar-refractivity contribution in [1.82, 2.24) is 0 Å². The van der Waals surface area contributed by atoms with E-state index >= 15 is 0 Å². The van der Waals surface area contributed by atoms with Crippen LogP contribution in [0.2, 0.25) is 0 Å². The fourth-order valence-electron chi connectivity index (χ4n) is 1.62. The number of phosphoric ester groups is 2. The minimum absolute atomic E-state index is 0.0780. The van der Waals surface area contributed by atoms with E-state index < -0.39 is 15.6 Å². The first-order valence-electron chi connectivity index (χ1n) is 6.80. The first-order chi connectivity index (χ1) is 9.71. The average molecular weight is 346 g/mol. The standard InChI is InChI=1S/C11H24O8P2/c12-20(13,14)18-10-8-6-4-2-1-3-5-7-9-11-19-21(15,16)17/h8,10H,1-7,9,11H2,(H2,12,13,14)(H2,15,16,17)/b10-8+. The van der Waals surface area contributed by atoms with Gasteiger partial charge in [-0.15, -0.1) is 0 Å². The van der Waals surface area contributed by atoms with E-state index in [-0.39, 0.29) is 6.61 Å². The molecule has 0 rings (SSSR count). The molecule has 0 bridgehead atoms. The molecule has 0 fully saturated rings. The molecular weight excluding hydrogens is 322 g/mol. The van der Waals surface area contributed by atoms with Gasteiger partial charge in [-0.3, -0.25) is 14.3 Å². The molecule has 0 unspecified atom stereocenters. The number of unbranched alkanes of at least 4 members (excludes halogenated alkanes) is 7. The summed E-state index contributed by atoms with van der Waals surface area (Å²) in [6.45, 7) is 0.0780. The van der Waals surface area contributed by atoms with E-state index in [0.29, 0.717) is 12.8 Å². The highest BCUT2D eigenvalue weighted by Crippen LogP contribution is 2.36. The molecule has 0 spiro atoms. The van der Waals surface area contributed by atoms with Gasteiger partial charge in [0.1, 0.15) is 0 Å². The lowest BCUT2D eigenvalue weighted by atomic mass is 10.1. The van der Waals surface area contributed by atoms with Crippen LogP contribution < -0.4 is 0 Å². The molecule has 126 valence electrons. The summed E-state index contributed by atoms with van der Waals surface area (Å²) in [6, 6.07) is 0. The maximum absolute atomic E-state index is 10.4. The zero-order chi connectivity index (χ0) is 16.2. The summed E-state index contributed by atoms with van der Waals surface area (Å²) in [7, 11) is -8.72. The molecule has 8 nitrogen and oxygen atoms in total. The van der Waals surface area contributed by atoms with Crippen LogP contribution in [0.5, 0.6) is 0 Å². The largest absolute Gasteiger partial charge is 0.524 e. The minimum atomic E-state index is -4.40. The van der Waals surface area contributed by atoms with E-state index in [2.05, 4.69) is 9.05 Å². The molecule has 4 N–H and O–H groups in total. The monoisotopic (exact) mass is 346 g/mol. The van der Waals surface area contributed by atoms with E-state index in [0.717, 1.165) is 44.8 Å². The van der Waals surface area contributed by atoms with Gasteiger partial charge in [0.2, 0.25) is 0 Å². The smallest absolute Gasteiger partial charge is 0.413 e. The maximum Gasteiger partial charge on any atom is 0.524 e. The van der Waals surface area contributed by atoms with Crippen LogP contribution >= 0.6 is 15.6 Å². The highest BCUT2D eigenvalue weighted by atomic mass is 31.2. The molecule has 0 aromatic rings. The zero-order valence-electron chi connectivity index (χ0n) is 11.8. The Hall–Kier alpha value is -0.200. The Labute approximate surface area is 124 Å².